The van der Waals surface area contributed by atoms with Crippen LogP contribution in [0, 0.1) is 25.2 Å². The Balaban J connectivity index is 1.55. The molecule has 0 spiro atoms. The third-order valence-corrected chi connectivity index (χ3v) is 12.2. The molecule has 0 radical (unpaired) electrons. The van der Waals surface area contributed by atoms with Gasteiger partial charge in [-0.2, -0.15) is 15.5 Å². The molecule has 11 heteroatoms. The zero-order chi connectivity index (χ0) is 29.5. The first-order chi connectivity index (χ1) is 19.4. The minimum absolute atomic E-state index is 0.0554. The number of nitrogens with one attached hydrogen (secondary N) is 1. The molecule has 0 unspecified atom stereocenters. The molecular formula is C30H35N9OSi. The summed E-state index contributed by atoms with van der Waals surface area (Å²) in [4.78, 5) is 9.72. The Hall–Kier alpha value is -4.40. The number of anilines is 2. The van der Waals surface area contributed by atoms with Gasteiger partial charge in [-0.25, -0.2) is 14.6 Å². The molecule has 10 nitrogen and oxygen atoms in total. The highest BCUT2D eigenvalue weighted by Crippen LogP contribution is 2.40. The van der Waals surface area contributed by atoms with Crippen molar-refractivity contribution in [1.29, 1.82) is 5.26 Å². The van der Waals surface area contributed by atoms with Gasteiger partial charge in [0.15, 0.2) is 25.6 Å². The maximum Gasteiger partial charge on any atom is 0.192 e. The number of hydrogen-bond acceptors (Lipinski definition) is 8. The van der Waals surface area contributed by atoms with E-state index in [-0.39, 0.29) is 11.1 Å². The summed E-state index contributed by atoms with van der Waals surface area (Å²) in [6, 6.07) is 17.7. The second-order valence-electron chi connectivity index (χ2n) is 11.8. The number of nitrogens with zero attached hydrogens (tertiary/aromatic N) is 8. The monoisotopic (exact) mass is 565 g/mol. The molecule has 4 heterocycles. The molecule has 0 fully saturated rings. The third-order valence-electron chi connectivity index (χ3n) is 7.67. The van der Waals surface area contributed by atoms with Crippen molar-refractivity contribution >= 4 is 30.9 Å². The van der Waals surface area contributed by atoms with Crippen molar-refractivity contribution in [3.63, 3.8) is 0 Å². The Bertz CT molecular complexity index is 1760. The molecule has 0 amide bonds. The molecule has 0 saturated carbocycles. The number of imidazole rings is 1. The smallest absolute Gasteiger partial charge is 0.192 e. The lowest BCUT2D eigenvalue weighted by Crippen LogP contribution is -2.41. The van der Waals surface area contributed by atoms with Crippen molar-refractivity contribution in [3.8, 4) is 17.7 Å². The second kappa shape index (κ2) is 10.5. The Kier molecular flexibility index (Phi) is 7.23. The van der Waals surface area contributed by atoms with Crippen LogP contribution < -0.4 is 5.32 Å². The van der Waals surface area contributed by atoms with E-state index in [1.165, 1.54) is 0 Å². The number of benzene rings is 1. The van der Waals surface area contributed by atoms with Gasteiger partial charge in [-0.05, 0) is 87.4 Å². The van der Waals surface area contributed by atoms with Gasteiger partial charge < -0.3 is 9.74 Å². The van der Waals surface area contributed by atoms with Crippen molar-refractivity contribution in [3.05, 3.63) is 77.5 Å². The number of nitriles is 1. The van der Waals surface area contributed by atoms with Gasteiger partial charge in [0.25, 0.3) is 0 Å². The lowest BCUT2D eigenvalue weighted by atomic mass is 10.1. The SMILES string of the molecule is Cc1ccc(Nc2ccc3c(c2)ncn3-c2ccc([C@H](C)O[Si](C)(C)C(C)(C)C)c(-n3nc(C#N)cc3C)n2)nn1. The van der Waals surface area contributed by atoms with Gasteiger partial charge in [-0.3, -0.25) is 4.57 Å². The normalized spacial score (nSPS) is 12.9. The number of fused-ring (bicyclic) bond motifs is 1. The van der Waals surface area contributed by atoms with Gasteiger partial charge in [-0.15, -0.1) is 5.10 Å². The van der Waals surface area contributed by atoms with Gasteiger partial charge in [0.1, 0.15) is 18.2 Å². The summed E-state index contributed by atoms with van der Waals surface area (Å²) in [5.74, 6) is 1.98. The van der Waals surface area contributed by atoms with E-state index >= 15 is 0 Å². The second-order valence-corrected chi connectivity index (χ2v) is 16.6. The molecule has 0 aliphatic carbocycles. The zero-order valence-electron chi connectivity index (χ0n) is 24.8. The van der Waals surface area contributed by atoms with Crippen LogP contribution in [0.2, 0.25) is 18.1 Å². The Labute approximate surface area is 241 Å². The van der Waals surface area contributed by atoms with Crippen LogP contribution in [0.1, 0.15) is 56.4 Å². The largest absolute Gasteiger partial charge is 0.410 e. The topological polar surface area (TPSA) is 119 Å². The highest BCUT2D eigenvalue weighted by atomic mass is 28.4. The van der Waals surface area contributed by atoms with E-state index in [4.69, 9.17) is 9.41 Å². The molecule has 1 aromatic carbocycles. The summed E-state index contributed by atoms with van der Waals surface area (Å²) < 4.78 is 10.4. The number of pyridine rings is 1. The molecule has 0 saturated heterocycles. The molecule has 1 atom stereocenters. The van der Waals surface area contributed by atoms with Crippen LogP contribution in [0.25, 0.3) is 22.7 Å². The summed E-state index contributed by atoms with van der Waals surface area (Å²) in [6.07, 6.45) is 1.54. The van der Waals surface area contributed by atoms with Crippen molar-refractivity contribution in [2.75, 3.05) is 5.32 Å². The number of hydrogen-bond donors (Lipinski definition) is 1. The van der Waals surface area contributed by atoms with E-state index in [1.807, 2.05) is 60.9 Å². The van der Waals surface area contributed by atoms with Crippen LogP contribution in [-0.2, 0) is 4.43 Å². The van der Waals surface area contributed by atoms with E-state index in [0.29, 0.717) is 23.1 Å². The van der Waals surface area contributed by atoms with Crippen LogP contribution >= 0.6 is 0 Å². The summed E-state index contributed by atoms with van der Waals surface area (Å²) in [7, 11) is -2.07. The van der Waals surface area contributed by atoms with Gasteiger partial charge in [0, 0.05) is 16.9 Å². The number of aromatic nitrogens is 7. The van der Waals surface area contributed by atoms with Gasteiger partial charge in [0.2, 0.25) is 0 Å². The Morgan fingerprint density at radius 3 is 2.46 bits per heavy atom. The van der Waals surface area contributed by atoms with E-state index in [2.05, 4.69) is 72.5 Å². The summed E-state index contributed by atoms with van der Waals surface area (Å²) >= 11 is 0. The Morgan fingerprint density at radius 1 is 1.02 bits per heavy atom. The molecule has 210 valence electrons. The highest BCUT2D eigenvalue weighted by Gasteiger charge is 2.39. The quantitative estimate of drug-likeness (QED) is 0.216. The number of rotatable bonds is 7. The molecule has 0 aliphatic heterocycles. The maximum atomic E-state index is 9.50. The van der Waals surface area contributed by atoms with Gasteiger partial charge >= 0.3 is 0 Å². The molecule has 41 heavy (non-hydrogen) atoms. The molecule has 1 N–H and O–H groups in total. The van der Waals surface area contributed by atoms with Crippen molar-refractivity contribution < 1.29 is 4.43 Å². The first-order valence-corrected chi connectivity index (χ1v) is 16.5. The maximum absolute atomic E-state index is 9.50. The van der Waals surface area contributed by atoms with Crippen molar-refractivity contribution in [1.82, 2.24) is 34.5 Å². The molecule has 0 bridgehead atoms. The number of aryl methyl sites for hydroxylation is 2. The molecule has 5 rings (SSSR count). The van der Waals surface area contributed by atoms with Crippen LogP contribution in [0.5, 0.6) is 0 Å². The standard InChI is InChI=1S/C30H35N9OSi/c1-19-9-13-27(36-35-19)33-22-10-12-26-25(16-22)32-18-38(26)28-14-11-24(21(3)40-41(7,8)30(4,5)6)29(34-28)39-20(2)15-23(17-31)37-39/h9-16,18,21H,1-8H3,(H,33,36)/t21-/m0/s1. The average Bonchev–Trinajstić information content (AvgIpc) is 3.51. The van der Waals surface area contributed by atoms with E-state index < -0.39 is 8.32 Å². The van der Waals surface area contributed by atoms with E-state index in [9.17, 15) is 5.26 Å². The van der Waals surface area contributed by atoms with Crippen molar-refractivity contribution in [2.24, 2.45) is 0 Å². The third kappa shape index (κ3) is 5.61. The predicted molar refractivity (Wildman–Crippen MR) is 162 cm³/mol. The molecule has 4 aromatic heterocycles. The van der Waals surface area contributed by atoms with E-state index in [0.717, 1.165) is 33.7 Å². The summed E-state index contributed by atoms with van der Waals surface area (Å²) in [5, 5.41) is 25.7. The first kappa shape index (κ1) is 28.1. The predicted octanol–water partition coefficient (Wildman–Crippen LogP) is 6.71. The molecular weight excluding hydrogens is 530 g/mol. The van der Waals surface area contributed by atoms with Crippen LogP contribution in [0.3, 0.4) is 0 Å². The Morgan fingerprint density at radius 2 is 1.80 bits per heavy atom. The van der Waals surface area contributed by atoms with Crippen LogP contribution in [-0.4, -0.2) is 42.8 Å². The minimum atomic E-state index is -2.07. The molecule has 0 aliphatic rings. The zero-order valence-corrected chi connectivity index (χ0v) is 25.8. The van der Waals surface area contributed by atoms with Crippen LogP contribution in [0.15, 0.2) is 54.9 Å². The van der Waals surface area contributed by atoms with Gasteiger partial charge in [0.05, 0.1) is 22.8 Å². The fraction of sp³-hybridized carbons (Fsp3) is 0.333. The lowest BCUT2D eigenvalue weighted by Gasteiger charge is -2.38. The lowest BCUT2D eigenvalue weighted by molar-refractivity contribution is 0.202. The van der Waals surface area contributed by atoms with Gasteiger partial charge in [-0.1, -0.05) is 20.8 Å². The summed E-state index contributed by atoms with van der Waals surface area (Å²) in [6.45, 7) is 17.0. The minimum Gasteiger partial charge on any atom is -0.410 e. The van der Waals surface area contributed by atoms with Crippen LogP contribution in [0.4, 0.5) is 11.5 Å². The molecule has 5 aromatic rings. The van der Waals surface area contributed by atoms with Crippen molar-refractivity contribution in [2.45, 2.75) is 65.8 Å². The fourth-order valence-corrected chi connectivity index (χ4v) is 5.75. The first-order valence-electron chi connectivity index (χ1n) is 13.6. The average molecular weight is 566 g/mol. The summed E-state index contributed by atoms with van der Waals surface area (Å²) in [5.41, 5.74) is 5.48. The highest BCUT2D eigenvalue weighted by molar-refractivity contribution is 6.74. The van der Waals surface area contributed by atoms with E-state index in [1.54, 1.807) is 17.1 Å². The fourth-order valence-electron chi connectivity index (χ4n) is 4.38.